The van der Waals surface area contributed by atoms with Gasteiger partial charge in [-0.15, -0.1) is 0 Å². The number of ether oxygens (including phenoxy) is 1. The van der Waals surface area contributed by atoms with Crippen LogP contribution in [-0.4, -0.2) is 23.2 Å². The van der Waals surface area contributed by atoms with Gasteiger partial charge < -0.3 is 10.5 Å². The zero-order valence-electron chi connectivity index (χ0n) is 10.4. The lowest BCUT2D eigenvalue weighted by Gasteiger charge is -2.08. The van der Waals surface area contributed by atoms with Gasteiger partial charge in [-0.3, -0.25) is 4.21 Å². The molecular formula is C12H17F2NO2S. The smallest absolute Gasteiger partial charge is 0.144 e. The molecule has 1 rings (SSSR count). The highest BCUT2D eigenvalue weighted by Crippen LogP contribution is 2.20. The molecule has 0 aliphatic heterocycles. The van der Waals surface area contributed by atoms with Crippen LogP contribution in [0.3, 0.4) is 0 Å². The summed E-state index contributed by atoms with van der Waals surface area (Å²) in [6.07, 6.45) is 0. The molecule has 0 fully saturated rings. The van der Waals surface area contributed by atoms with E-state index in [1.807, 2.05) is 13.8 Å². The lowest BCUT2D eigenvalue weighted by Crippen LogP contribution is -2.12. The topological polar surface area (TPSA) is 52.3 Å². The zero-order chi connectivity index (χ0) is 13.7. The molecule has 0 heterocycles. The first-order chi connectivity index (χ1) is 8.41. The van der Waals surface area contributed by atoms with Crippen LogP contribution < -0.4 is 5.73 Å². The number of nitrogens with two attached hydrogens (primary N) is 1. The van der Waals surface area contributed by atoms with Crippen molar-refractivity contribution in [3.8, 4) is 0 Å². The van der Waals surface area contributed by atoms with E-state index in [0.717, 1.165) is 12.1 Å². The molecule has 0 aromatic heterocycles. The highest BCUT2D eigenvalue weighted by atomic mass is 32.2. The van der Waals surface area contributed by atoms with E-state index in [9.17, 15) is 13.0 Å². The van der Waals surface area contributed by atoms with Gasteiger partial charge >= 0.3 is 0 Å². The normalized spacial score (nSPS) is 12.9. The van der Waals surface area contributed by atoms with Crippen molar-refractivity contribution in [2.45, 2.75) is 18.7 Å². The zero-order valence-corrected chi connectivity index (χ0v) is 11.2. The van der Waals surface area contributed by atoms with Crippen LogP contribution >= 0.6 is 0 Å². The van der Waals surface area contributed by atoms with E-state index in [0.29, 0.717) is 12.5 Å². The van der Waals surface area contributed by atoms with Crippen molar-refractivity contribution >= 4 is 16.5 Å². The first-order valence-corrected chi connectivity index (χ1v) is 6.94. The molecule has 18 heavy (non-hydrogen) atoms. The van der Waals surface area contributed by atoms with E-state index in [4.69, 9.17) is 10.5 Å². The number of benzene rings is 1. The molecule has 3 nitrogen and oxygen atoms in total. The summed E-state index contributed by atoms with van der Waals surface area (Å²) >= 11 is 0. The Morgan fingerprint density at radius 3 is 2.39 bits per heavy atom. The van der Waals surface area contributed by atoms with Crippen molar-refractivity contribution in [1.29, 1.82) is 0 Å². The second-order valence-electron chi connectivity index (χ2n) is 4.33. The summed E-state index contributed by atoms with van der Waals surface area (Å²) < 4.78 is 43.9. The molecule has 6 heteroatoms. The second kappa shape index (κ2) is 6.80. The maximum absolute atomic E-state index is 13.4. The van der Waals surface area contributed by atoms with E-state index in [1.165, 1.54) is 0 Å². The highest BCUT2D eigenvalue weighted by molar-refractivity contribution is 7.85. The van der Waals surface area contributed by atoms with Crippen molar-refractivity contribution in [1.82, 2.24) is 0 Å². The van der Waals surface area contributed by atoms with Gasteiger partial charge in [-0.1, -0.05) is 13.8 Å². The fraction of sp³-hybridized carbons (Fsp3) is 0.500. The Balaban J connectivity index is 2.62. The van der Waals surface area contributed by atoms with Crippen molar-refractivity contribution in [3.63, 3.8) is 0 Å². The Morgan fingerprint density at radius 1 is 1.33 bits per heavy atom. The molecule has 102 valence electrons. The lowest BCUT2D eigenvalue weighted by atomic mass is 10.2. The average Bonchev–Trinajstić information content (AvgIpc) is 2.22. The van der Waals surface area contributed by atoms with Crippen LogP contribution in [-0.2, 0) is 15.5 Å². The predicted molar refractivity (Wildman–Crippen MR) is 67.7 cm³/mol. The van der Waals surface area contributed by atoms with Crippen LogP contribution in [0.5, 0.6) is 0 Å². The second-order valence-corrected chi connectivity index (χ2v) is 5.84. The van der Waals surface area contributed by atoms with Gasteiger partial charge in [0.2, 0.25) is 0 Å². The Labute approximate surface area is 108 Å². The van der Waals surface area contributed by atoms with E-state index in [2.05, 4.69) is 0 Å². The van der Waals surface area contributed by atoms with E-state index in [1.54, 1.807) is 0 Å². The third kappa shape index (κ3) is 4.34. The van der Waals surface area contributed by atoms with Gasteiger partial charge in [0.25, 0.3) is 0 Å². The molecule has 0 spiro atoms. The van der Waals surface area contributed by atoms with Crippen LogP contribution in [0.15, 0.2) is 17.0 Å². The van der Waals surface area contributed by atoms with Crippen LogP contribution in [0.25, 0.3) is 0 Å². The summed E-state index contributed by atoms with van der Waals surface area (Å²) in [6.45, 7) is 4.70. The maximum Gasteiger partial charge on any atom is 0.144 e. The monoisotopic (exact) mass is 277 g/mol. The van der Waals surface area contributed by atoms with Crippen molar-refractivity contribution in [3.05, 3.63) is 23.8 Å². The summed E-state index contributed by atoms with van der Waals surface area (Å²) in [4.78, 5) is -0.433. The highest BCUT2D eigenvalue weighted by Gasteiger charge is 2.16. The third-order valence-corrected chi connectivity index (χ3v) is 3.50. The Kier molecular flexibility index (Phi) is 5.68. The van der Waals surface area contributed by atoms with E-state index < -0.39 is 27.3 Å². The van der Waals surface area contributed by atoms with Gasteiger partial charge in [-0.05, 0) is 18.1 Å². The van der Waals surface area contributed by atoms with Gasteiger partial charge in [-0.2, -0.15) is 0 Å². The van der Waals surface area contributed by atoms with Crippen molar-refractivity contribution < 1.29 is 17.7 Å². The van der Waals surface area contributed by atoms with Crippen molar-refractivity contribution in [2.24, 2.45) is 5.92 Å². The predicted octanol–water partition coefficient (Wildman–Crippen LogP) is 2.33. The molecule has 0 aliphatic carbocycles. The molecule has 1 aromatic rings. The third-order valence-electron chi connectivity index (χ3n) is 2.11. The van der Waals surface area contributed by atoms with Crippen molar-refractivity contribution in [2.75, 3.05) is 24.7 Å². The molecule has 1 atom stereocenters. The minimum atomic E-state index is -1.76. The van der Waals surface area contributed by atoms with Gasteiger partial charge in [0.1, 0.15) is 16.5 Å². The van der Waals surface area contributed by atoms with Gasteiger partial charge in [0, 0.05) is 12.3 Å². The van der Waals surface area contributed by atoms with Crippen LogP contribution in [0, 0.1) is 17.6 Å². The maximum atomic E-state index is 13.4. The fourth-order valence-electron chi connectivity index (χ4n) is 1.35. The standard InChI is InChI=1S/C12H17F2NO2S/c1-8(2)7-17-3-4-18(16)12-10(13)5-9(15)6-11(12)14/h5-6,8H,3-4,7,15H2,1-2H3. The van der Waals surface area contributed by atoms with E-state index >= 15 is 0 Å². The molecule has 2 N–H and O–H groups in total. The molecule has 1 unspecified atom stereocenters. The molecule has 0 saturated carbocycles. The number of hydrogen-bond acceptors (Lipinski definition) is 3. The molecular weight excluding hydrogens is 260 g/mol. The van der Waals surface area contributed by atoms with Gasteiger partial charge in [0.05, 0.1) is 23.2 Å². The fourth-order valence-corrected chi connectivity index (χ4v) is 2.38. The quantitative estimate of drug-likeness (QED) is 0.641. The van der Waals surface area contributed by atoms with Crippen LogP contribution in [0.4, 0.5) is 14.5 Å². The van der Waals surface area contributed by atoms with Crippen LogP contribution in [0.1, 0.15) is 13.8 Å². The summed E-state index contributed by atoms with van der Waals surface area (Å²) in [6, 6.07) is 1.93. The molecule has 0 radical (unpaired) electrons. The number of nitrogen functional groups attached to an aromatic ring is 1. The SMILES string of the molecule is CC(C)COCCS(=O)c1c(F)cc(N)cc1F. The van der Waals surface area contributed by atoms with E-state index in [-0.39, 0.29) is 18.0 Å². The Bertz CT molecular complexity index is 415. The molecule has 0 bridgehead atoms. The van der Waals surface area contributed by atoms with Gasteiger partial charge in [-0.25, -0.2) is 8.78 Å². The summed E-state index contributed by atoms with van der Waals surface area (Å²) in [5.41, 5.74) is 5.25. The number of hydrogen-bond donors (Lipinski definition) is 1. The molecule has 0 amide bonds. The Hall–Kier alpha value is -1.01. The average molecular weight is 277 g/mol. The summed E-state index contributed by atoms with van der Waals surface area (Å²) in [7, 11) is -1.76. The van der Waals surface area contributed by atoms with Gasteiger partial charge in [0.15, 0.2) is 0 Å². The minimum absolute atomic E-state index is 0.0261. The number of halogens is 2. The van der Waals surface area contributed by atoms with Crippen LogP contribution in [0.2, 0.25) is 0 Å². The number of rotatable bonds is 6. The first-order valence-electron chi connectivity index (χ1n) is 5.62. The minimum Gasteiger partial charge on any atom is -0.399 e. The Morgan fingerprint density at radius 2 is 1.89 bits per heavy atom. The molecule has 0 aliphatic rings. The summed E-state index contributed by atoms with van der Waals surface area (Å²) in [5.74, 6) is -1.34. The largest absolute Gasteiger partial charge is 0.399 e. The number of anilines is 1. The molecule has 0 saturated heterocycles. The first kappa shape index (κ1) is 15.0. The molecule has 1 aromatic carbocycles. The lowest BCUT2D eigenvalue weighted by molar-refractivity contribution is 0.123. The summed E-state index contributed by atoms with van der Waals surface area (Å²) in [5, 5.41) is 0.